The molecule has 2 rings (SSSR count). The highest BCUT2D eigenvalue weighted by atomic mass is 32.2. The van der Waals surface area contributed by atoms with E-state index < -0.39 is 9.84 Å². The molecule has 0 unspecified atom stereocenters. The van der Waals surface area contributed by atoms with Crippen LogP contribution in [0.3, 0.4) is 0 Å². The Morgan fingerprint density at radius 2 is 1.94 bits per heavy atom. The molecule has 1 aromatic carbocycles. The fourth-order valence-electron chi connectivity index (χ4n) is 1.86. The van der Waals surface area contributed by atoms with Crippen molar-refractivity contribution in [2.24, 2.45) is 0 Å². The number of fused-ring (bicyclic) bond motifs is 1. The lowest BCUT2D eigenvalue weighted by atomic mass is 10.1. The van der Waals surface area contributed by atoms with Crippen molar-refractivity contribution in [2.45, 2.75) is 11.8 Å². The third-order valence-corrected chi connectivity index (χ3v) is 4.48. The van der Waals surface area contributed by atoms with Crippen molar-refractivity contribution < 1.29 is 8.42 Å². The molecule has 0 atom stereocenters. The lowest BCUT2D eigenvalue weighted by Gasteiger charge is -2.10. The lowest BCUT2D eigenvalue weighted by molar-refractivity contribution is 0.451. The van der Waals surface area contributed by atoms with E-state index in [9.17, 15) is 8.42 Å². The minimum Gasteiger partial charge on any atom is -0.304 e. The van der Waals surface area contributed by atoms with Crippen LogP contribution in [0.5, 0.6) is 0 Å². The smallest absolute Gasteiger partial charge is 0.204 e. The zero-order valence-corrected chi connectivity index (χ0v) is 10.5. The van der Waals surface area contributed by atoms with Crippen LogP contribution >= 0.6 is 0 Å². The summed E-state index contributed by atoms with van der Waals surface area (Å²) in [6.07, 6.45) is 1.78. The number of hydrogen-bond donors (Lipinski definition) is 0. The first-order chi connectivity index (χ1) is 7.41. The largest absolute Gasteiger partial charge is 0.304 e. The van der Waals surface area contributed by atoms with Crippen LogP contribution in [0.4, 0.5) is 0 Å². The normalized spacial score (nSPS) is 17.4. The molecule has 0 saturated carbocycles. The summed E-state index contributed by atoms with van der Waals surface area (Å²) in [6.45, 7) is 2.42. The van der Waals surface area contributed by atoms with E-state index in [-0.39, 0.29) is 0 Å². The average molecular weight is 237 g/mol. The minimum absolute atomic E-state index is 0.440. The average Bonchev–Trinajstić information content (AvgIpc) is 2.37. The molecule has 86 valence electrons. The quantitative estimate of drug-likeness (QED) is 0.785. The van der Waals surface area contributed by atoms with Gasteiger partial charge in [0.05, 0.1) is 9.80 Å². The van der Waals surface area contributed by atoms with E-state index in [0.717, 1.165) is 11.1 Å². The van der Waals surface area contributed by atoms with Crippen LogP contribution in [-0.4, -0.2) is 34.0 Å². The molecule has 1 heterocycles. The van der Waals surface area contributed by atoms with Gasteiger partial charge in [-0.05, 0) is 38.7 Å². The van der Waals surface area contributed by atoms with Gasteiger partial charge in [-0.3, -0.25) is 0 Å². The van der Waals surface area contributed by atoms with Gasteiger partial charge < -0.3 is 4.90 Å². The lowest BCUT2D eigenvalue weighted by Crippen LogP contribution is -2.18. The second-order valence-corrected chi connectivity index (χ2v) is 6.36. The zero-order chi connectivity index (χ0) is 11.9. The highest BCUT2D eigenvalue weighted by Gasteiger charge is 2.29. The monoisotopic (exact) mass is 237 g/mol. The molecule has 0 fully saturated rings. The Hall–Kier alpha value is -1.13. The second kappa shape index (κ2) is 3.71. The maximum atomic E-state index is 12.1. The summed E-state index contributed by atoms with van der Waals surface area (Å²) in [4.78, 5) is 2.79. The molecule has 1 aliphatic heterocycles. The van der Waals surface area contributed by atoms with Gasteiger partial charge in [-0.25, -0.2) is 8.42 Å². The van der Waals surface area contributed by atoms with Crippen LogP contribution in [0.25, 0.3) is 6.08 Å². The number of hydrogen-bond acceptors (Lipinski definition) is 3. The predicted octanol–water partition coefficient (Wildman–Crippen LogP) is 1.68. The van der Waals surface area contributed by atoms with Crippen LogP contribution in [0, 0.1) is 6.92 Å². The summed E-state index contributed by atoms with van der Waals surface area (Å²) < 4.78 is 24.3. The molecule has 0 amide bonds. The number of aryl methyl sites for hydroxylation is 1. The molecule has 4 heteroatoms. The van der Waals surface area contributed by atoms with Gasteiger partial charge >= 0.3 is 0 Å². The van der Waals surface area contributed by atoms with Gasteiger partial charge in [0, 0.05) is 6.54 Å². The first-order valence-corrected chi connectivity index (χ1v) is 6.60. The Kier molecular flexibility index (Phi) is 2.64. The van der Waals surface area contributed by atoms with E-state index in [2.05, 4.69) is 0 Å². The maximum Gasteiger partial charge on any atom is 0.204 e. The molecule has 0 aromatic heterocycles. The Morgan fingerprint density at radius 1 is 1.25 bits per heavy atom. The number of likely N-dealkylation sites (N-methyl/N-ethyl adjacent to an activating group) is 1. The van der Waals surface area contributed by atoms with Crippen LogP contribution in [0.15, 0.2) is 28.0 Å². The molecule has 0 saturated heterocycles. The van der Waals surface area contributed by atoms with Crippen molar-refractivity contribution in [3.05, 3.63) is 34.2 Å². The van der Waals surface area contributed by atoms with Crippen molar-refractivity contribution in [1.29, 1.82) is 0 Å². The topological polar surface area (TPSA) is 37.4 Å². The molecule has 16 heavy (non-hydrogen) atoms. The molecule has 1 aliphatic rings. The third-order valence-electron chi connectivity index (χ3n) is 2.59. The van der Waals surface area contributed by atoms with Crippen LogP contribution in [0.1, 0.15) is 11.1 Å². The van der Waals surface area contributed by atoms with Gasteiger partial charge in [0.25, 0.3) is 0 Å². The molecule has 3 nitrogen and oxygen atoms in total. The summed E-state index contributed by atoms with van der Waals surface area (Å²) in [6, 6.07) is 5.44. The Morgan fingerprint density at radius 3 is 2.56 bits per heavy atom. The number of nitrogens with zero attached hydrogens (tertiary/aromatic N) is 1. The summed E-state index contributed by atoms with van der Waals surface area (Å²) >= 11 is 0. The van der Waals surface area contributed by atoms with Gasteiger partial charge in [0.2, 0.25) is 9.84 Å². The summed E-state index contributed by atoms with van der Waals surface area (Å²) in [5.74, 6) is 0. The fourth-order valence-corrected chi connectivity index (χ4v) is 3.53. The minimum atomic E-state index is -3.24. The SMILES string of the molecule is Cc1ccc2c(c1)C=C(CN(C)C)S2(=O)=O. The van der Waals surface area contributed by atoms with Crippen molar-refractivity contribution >= 4 is 15.9 Å². The van der Waals surface area contributed by atoms with Gasteiger partial charge in [-0.15, -0.1) is 0 Å². The van der Waals surface area contributed by atoms with Gasteiger partial charge in [0.1, 0.15) is 0 Å². The molecule has 0 radical (unpaired) electrons. The number of rotatable bonds is 2. The van der Waals surface area contributed by atoms with E-state index >= 15 is 0 Å². The van der Waals surface area contributed by atoms with Crippen molar-refractivity contribution in [3.8, 4) is 0 Å². The molecule has 0 bridgehead atoms. The maximum absolute atomic E-state index is 12.1. The predicted molar refractivity (Wildman–Crippen MR) is 64.9 cm³/mol. The molecular weight excluding hydrogens is 222 g/mol. The first-order valence-electron chi connectivity index (χ1n) is 5.12. The molecule has 0 N–H and O–H groups in total. The van der Waals surface area contributed by atoms with Crippen molar-refractivity contribution in [1.82, 2.24) is 4.90 Å². The third kappa shape index (κ3) is 1.79. The second-order valence-electron chi connectivity index (χ2n) is 4.39. The Labute approximate surface area is 96.3 Å². The number of sulfone groups is 1. The number of benzene rings is 1. The van der Waals surface area contributed by atoms with Gasteiger partial charge in [-0.1, -0.05) is 17.7 Å². The summed E-state index contributed by atoms with van der Waals surface area (Å²) in [7, 11) is 0.493. The first kappa shape index (κ1) is 11.4. The Bertz CT molecular complexity index is 556. The summed E-state index contributed by atoms with van der Waals surface area (Å²) in [5, 5.41) is 0. The van der Waals surface area contributed by atoms with E-state index in [4.69, 9.17) is 0 Å². The highest BCUT2D eigenvalue weighted by Crippen LogP contribution is 2.33. The van der Waals surface area contributed by atoms with E-state index in [1.54, 1.807) is 12.1 Å². The van der Waals surface area contributed by atoms with Gasteiger partial charge in [0.15, 0.2) is 0 Å². The highest BCUT2D eigenvalue weighted by molar-refractivity contribution is 7.95. The molecule has 0 spiro atoms. The van der Waals surface area contributed by atoms with Crippen molar-refractivity contribution in [2.75, 3.05) is 20.6 Å². The molecular formula is C12H15NO2S. The molecule has 0 aliphatic carbocycles. The fraction of sp³-hybridized carbons (Fsp3) is 0.333. The van der Waals surface area contributed by atoms with E-state index in [1.807, 2.05) is 38.1 Å². The van der Waals surface area contributed by atoms with Crippen LogP contribution in [0.2, 0.25) is 0 Å². The summed E-state index contributed by atoms with van der Waals surface area (Å²) in [5.41, 5.74) is 1.90. The van der Waals surface area contributed by atoms with Crippen LogP contribution in [-0.2, 0) is 9.84 Å². The Balaban J connectivity index is 2.52. The van der Waals surface area contributed by atoms with Crippen LogP contribution < -0.4 is 0 Å². The van der Waals surface area contributed by atoms with Crippen molar-refractivity contribution in [3.63, 3.8) is 0 Å². The standard InChI is InChI=1S/C12H15NO2S/c1-9-4-5-12-10(6-9)7-11(8-13(2)3)16(12,14)15/h4-7H,8H2,1-3H3. The molecule has 1 aromatic rings. The van der Waals surface area contributed by atoms with E-state index in [0.29, 0.717) is 16.3 Å². The van der Waals surface area contributed by atoms with E-state index in [1.165, 1.54) is 0 Å². The van der Waals surface area contributed by atoms with Gasteiger partial charge in [-0.2, -0.15) is 0 Å². The zero-order valence-electron chi connectivity index (χ0n) is 9.69.